The summed E-state index contributed by atoms with van der Waals surface area (Å²) in [5, 5.41) is 11.3. The fourth-order valence-electron chi connectivity index (χ4n) is 2.50. The van der Waals surface area contributed by atoms with Gasteiger partial charge in [0.05, 0.1) is 6.54 Å². The van der Waals surface area contributed by atoms with Crippen molar-refractivity contribution < 1.29 is 4.42 Å². The highest BCUT2D eigenvalue weighted by Crippen LogP contribution is 2.27. The molecule has 1 fully saturated rings. The van der Waals surface area contributed by atoms with Crippen LogP contribution in [-0.4, -0.2) is 16.7 Å². The molecule has 0 amide bonds. The molecule has 1 aliphatic carbocycles. The lowest BCUT2D eigenvalue weighted by Gasteiger charge is -2.20. The first-order chi connectivity index (χ1) is 8.38. The van der Waals surface area contributed by atoms with E-state index in [0.717, 1.165) is 24.8 Å². The lowest BCUT2D eigenvalue weighted by molar-refractivity contribution is 0.325. The number of hydrogen-bond acceptors (Lipinski definition) is 4. The van der Waals surface area contributed by atoms with Crippen LogP contribution in [-0.2, 0) is 13.0 Å². The Balaban J connectivity index is 1.72. The maximum atomic E-state index is 5.59. The van der Waals surface area contributed by atoms with Crippen molar-refractivity contribution in [2.24, 2.45) is 5.92 Å². The van der Waals surface area contributed by atoms with E-state index in [9.17, 15) is 0 Å². The summed E-state index contributed by atoms with van der Waals surface area (Å²) in [6, 6.07) is 0. The van der Waals surface area contributed by atoms with Gasteiger partial charge < -0.3 is 9.73 Å². The third-order valence-electron chi connectivity index (χ3n) is 3.53. The Hall–Kier alpha value is -0.900. The van der Waals surface area contributed by atoms with Crippen molar-refractivity contribution in [3.63, 3.8) is 0 Å². The highest BCUT2D eigenvalue weighted by Gasteiger charge is 2.14. The number of hydrogen-bond donors (Lipinski definition) is 1. The molecule has 1 aromatic heterocycles. The zero-order valence-electron chi connectivity index (χ0n) is 10.7. The fraction of sp³-hybridized carbons (Fsp3) is 0.846. The highest BCUT2D eigenvalue weighted by atomic mass is 16.4. The van der Waals surface area contributed by atoms with Gasteiger partial charge in [0.25, 0.3) is 0 Å². The van der Waals surface area contributed by atoms with Crippen LogP contribution < -0.4 is 5.32 Å². The van der Waals surface area contributed by atoms with E-state index >= 15 is 0 Å². The van der Waals surface area contributed by atoms with Crippen molar-refractivity contribution in [1.29, 1.82) is 0 Å². The number of aryl methyl sites for hydroxylation is 1. The molecule has 0 radical (unpaired) electrons. The van der Waals surface area contributed by atoms with Gasteiger partial charge in [0.15, 0.2) is 0 Å². The standard InChI is InChI=1S/C13H23N3O/c1-2-14-10-13-16-15-12(17-13)9-8-11-6-4-3-5-7-11/h11,14H,2-10H2,1H3. The minimum absolute atomic E-state index is 0.687. The molecule has 0 aliphatic heterocycles. The first kappa shape index (κ1) is 12.6. The molecule has 0 spiro atoms. The van der Waals surface area contributed by atoms with Gasteiger partial charge in [-0.15, -0.1) is 10.2 Å². The van der Waals surface area contributed by atoms with E-state index in [0.29, 0.717) is 12.4 Å². The second kappa shape index (κ2) is 6.74. The molecule has 0 unspecified atom stereocenters. The summed E-state index contributed by atoms with van der Waals surface area (Å²) in [7, 11) is 0. The summed E-state index contributed by atoms with van der Waals surface area (Å²) < 4.78 is 5.59. The summed E-state index contributed by atoms with van der Waals surface area (Å²) in [6.45, 7) is 3.69. The lowest BCUT2D eigenvalue weighted by Crippen LogP contribution is -2.11. The van der Waals surface area contributed by atoms with Crippen LogP contribution >= 0.6 is 0 Å². The van der Waals surface area contributed by atoms with Crippen LogP contribution in [0, 0.1) is 5.92 Å². The monoisotopic (exact) mass is 237 g/mol. The molecule has 1 heterocycles. The molecular formula is C13H23N3O. The first-order valence-corrected chi connectivity index (χ1v) is 6.90. The van der Waals surface area contributed by atoms with Crippen LogP contribution in [0.3, 0.4) is 0 Å². The van der Waals surface area contributed by atoms with Gasteiger partial charge in [-0.25, -0.2) is 0 Å². The zero-order valence-corrected chi connectivity index (χ0v) is 10.7. The molecule has 0 saturated heterocycles. The van der Waals surface area contributed by atoms with Crippen LogP contribution in [0.4, 0.5) is 0 Å². The topological polar surface area (TPSA) is 51.0 Å². The molecule has 4 heteroatoms. The lowest BCUT2D eigenvalue weighted by atomic mass is 9.86. The Labute approximate surface area is 103 Å². The van der Waals surface area contributed by atoms with Gasteiger partial charge in [-0.3, -0.25) is 0 Å². The third-order valence-corrected chi connectivity index (χ3v) is 3.53. The molecule has 1 saturated carbocycles. The summed E-state index contributed by atoms with van der Waals surface area (Å²) in [5.41, 5.74) is 0. The van der Waals surface area contributed by atoms with E-state index in [4.69, 9.17) is 4.42 Å². The Morgan fingerprint density at radius 2 is 1.94 bits per heavy atom. The van der Waals surface area contributed by atoms with E-state index in [-0.39, 0.29) is 0 Å². The summed E-state index contributed by atoms with van der Waals surface area (Å²) in [4.78, 5) is 0. The number of rotatable bonds is 6. The summed E-state index contributed by atoms with van der Waals surface area (Å²) in [6.07, 6.45) is 9.16. The number of nitrogens with one attached hydrogen (secondary N) is 1. The number of nitrogens with zero attached hydrogens (tertiary/aromatic N) is 2. The molecule has 4 nitrogen and oxygen atoms in total. The van der Waals surface area contributed by atoms with Crippen molar-refractivity contribution in [3.05, 3.63) is 11.8 Å². The van der Waals surface area contributed by atoms with Crippen molar-refractivity contribution in [2.45, 2.75) is 58.4 Å². The Morgan fingerprint density at radius 1 is 1.18 bits per heavy atom. The van der Waals surface area contributed by atoms with E-state index < -0.39 is 0 Å². The molecule has 0 aromatic carbocycles. The van der Waals surface area contributed by atoms with Gasteiger partial charge in [0, 0.05) is 6.42 Å². The smallest absolute Gasteiger partial charge is 0.230 e. The van der Waals surface area contributed by atoms with Gasteiger partial charge in [0.2, 0.25) is 11.8 Å². The van der Waals surface area contributed by atoms with Gasteiger partial charge in [-0.1, -0.05) is 39.0 Å². The number of aromatic nitrogens is 2. The second-order valence-electron chi connectivity index (χ2n) is 4.91. The van der Waals surface area contributed by atoms with Gasteiger partial charge in [-0.05, 0) is 18.9 Å². The molecule has 2 rings (SSSR count). The highest BCUT2D eigenvalue weighted by molar-refractivity contribution is 4.83. The first-order valence-electron chi connectivity index (χ1n) is 6.90. The SMILES string of the molecule is CCNCc1nnc(CCC2CCCCC2)o1. The fourth-order valence-corrected chi connectivity index (χ4v) is 2.50. The van der Waals surface area contributed by atoms with Crippen molar-refractivity contribution in [3.8, 4) is 0 Å². The molecule has 17 heavy (non-hydrogen) atoms. The van der Waals surface area contributed by atoms with Crippen LogP contribution in [0.2, 0.25) is 0 Å². The minimum atomic E-state index is 0.687. The van der Waals surface area contributed by atoms with Gasteiger partial charge >= 0.3 is 0 Å². The predicted molar refractivity (Wildman–Crippen MR) is 66.6 cm³/mol. The normalized spacial score (nSPS) is 17.5. The second-order valence-corrected chi connectivity index (χ2v) is 4.91. The Morgan fingerprint density at radius 3 is 2.71 bits per heavy atom. The largest absolute Gasteiger partial charge is 0.424 e. The molecule has 96 valence electrons. The molecule has 0 bridgehead atoms. The molecule has 1 aromatic rings. The average molecular weight is 237 g/mol. The maximum Gasteiger partial charge on any atom is 0.230 e. The summed E-state index contributed by atoms with van der Waals surface area (Å²) in [5.74, 6) is 2.40. The molecule has 1 N–H and O–H groups in total. The third kappa shape index (κ3) is 4.11. The van der Waals surface area contributed by atoms with E-state index in [1.165, 1.54) is 38.5 Å². The Bertz CT molecular complexity index is 318. The van der Waals surface area contributed by atoms with Crippen LogP contribution in [0.5, 0.6) is 0 Å². The van der Waals surface area contributed by atoms with Crippen molar-refractivity contribution in [2.75, 3.05) is 6.54 Å². The van der Waals surface area contributed by atoms with Crippen molar-refractivity contribution >= 4 is 0 Å². The molecule has 0 atom stereocenters. The predicted octanol–water partition coefficient (Wildman–Crippen LogP) is 2.69. The van der Waals surface area contributed by atoms with E-state index in [1.807, 2.05) is 0 Å². The van der Waals surface area contributed by atoms with E-state index in [1.54, 1.807) is 0 Å². The molecule has 1 aliphatic rings. The zero-order chi connectivity index (χ0) is 11.9. The molecular weight excluding hydrogens is 214 g/mol. The summed E-state index contributed by atoms with van der Waals surface area (Å²) >= 11 is 0. The Kier molecular flexibility index (Phi) is 4.98. The van der Waals surface area contributed by atoms with Crippen LogP contribution in [0.1, 0.15) is 57.2 Å². The van der Waals surface area contributed by atoms with Gasteiger partial charge in [-0.2, -0.15) is 0 Å². The van der Waals surface area contributed by atoms with E-state index in [2.05, 4.69) is 22.4 Å². The van der Waals surface area contributed by atoms with Crippen molar-refractivity contribution in [1.82, 2.24) is 15.5 Å². The van der Waals surface area contributed by atoms with Gasteiger partial charge in [0.1, 0.15) is 0 Å². The minimum Gasteiger partial charge on any atom is -0.424 e. The average Bonchev–Trinajstić information content (AvgIpc) is 2.83. The van der Waals surface area contributed by atoms with Crippen LogP contribution in [0.15, 0.2) is 4.42 Å². The quantitative estimate of drug-likeness (QED) is 0.826. The maximum absolute atomic E-state index is 5.59. The van der Waals surface area contributed by atoms with Crippen LogP contribution in [0.25, 0.3) is 0 Å².